The first kappa shape index (κ1) is 23.0. The highest BCUT2D eigenvalue weighted by molar-refractivity contribution is 5.97. The van der Waals surface area contributed by atoms with E-state index in [1.165, 1.54) is 4.90 Å². The minimum atomic E-state index is -0.395. The molecule has 0 aliphatic carbocycles. The van der Waals surface area contributed by atoms with Gasteiger partial charge in [-0.1, -0.05) is 6.92 Å². The molecule has 2 aliphatic rings. The number of rotatable bonds is 1. The van der Waals surface area contributed by atoms with Crippen LogP contribution in [-0.2, 0) is 14.3 Å². The van der Waals surface area contributed by atoms with Crippen LogP contribution < -0.4 is 4.74 Å². The van der Waals surface area contributed by atoms with Gasteiger partial charge in [-0.05, 0) is 31.0 Å². The largest absolute Gasteiger partial charge is 0.493 e. The summed E-state index contributed by atoms with van der Waals surface area (Å²) < 4.78 is 17.8. The standard InChI is InChI=1S/C23H31N3O5/c1-15-13-25(2)23(28)18-11-16(12-24)5-7-19(18)30-10-9-17-6-8-20(29-4)21(31-17)14-26(3)22(15)27/h5,7,11,15,17,20-21H,6,8-10,13-14H2,1-4H3/t15-,17+,20-,21+/m1/s1. The van der Waals surface area contributed by atoms with E-state index in [0.717, 1.165) is 12.8 Å². The third-order valence-electron chi connectivity index (χ3n) is 6.04. The molecule has 3 rings (SSSR count). The molecule has 1 aromatic rings. The van der Waals surface area contributed by atoms with Crippen LogP contribution in [0.3, 0.4) is 0 Å². The lowest BCUT2D eigenvalue weighted by molar-refractivity contribution is -0.152. The number of nitriles is 1. The van der Waals surface area contributed by atoms with E-state index in [9.17, 15) is 14.9 Å². The number of methoxy groups -OCH3 is 1. The van der Waals surface area contributed by atoms with Crippen LogP contribution in [0.1, 0.15) is 42.1 Å². The second-order valence-corrected chi connectivity index (χ2v) is 8.41. The van der Waals surface area contributed by atoms with Crippen molar-refractivity contribution in [2.75, 3.05) is 40.9 Å². The van der Waals surface area contributed by atoms with Gasteiger partial charge in [-0.2, -0.15) is 5.26 Å². The first-order valence-corrected chi connectivity index (χ1v) is 10.7. The summed E-state index contributed by atoms with van der Waals surface area (Å²) in [6.45, 7) is 2.88. The average molecular weight is 430 g/mol. The summed E-state index contributed by atoms with van der Waals surface area (Å²) in [6.07, 6.45) is 2.07. The molecule has 0 aromatic heterocycles. The van der Waals surface area contributed by atoms with Crippen LogP contribution in [-0.4, -0.2) is 80.8 Å². The van der Waals surface area contributed by atoms with E-state index in [1.807, 2.05) is 6.92 Å². The highest BCUT2D eigenvalue weighted by Crippen LogP contribution is 2.27. The Hall–Kier alpha value is -2.63. The van der Waals surface area contributed by atoms with Gasteiger partial charge in [0.05, 0.1) is 41.9 Å². The zero-order valence-corrected chi connectivity index (χ0v) is 18.7. The second kappa shape index (κ2) is 10.1. The van der Waals surface area contributed by atoms with Crippen molar-refractivity contribution in [3.8, 4) is 11.8 Å². The number of nitrogens with zero attached hydrogens (tertiary/aromatic N) is 3. The molecule has 0 radical (unpaired) electrons. The van der Waals surface area contributed by atoms with Gasteiger partial charge in [0.1, 0.15) is 11.9 Å². The molecule has 2 bridgehead atoms. The lowest BCUT2D eigenvalue weighted by Crippen LogP contribution is -2.49. The van der Waals surface area contributed by atoms with Gasteiger partial charge < -0.3 is 24.0 Å². The molecular formula is C23H31N3O5. The highest BCUT2D eigenvalue weighted by Gasteiger charge is 2.34. The Labute approximate surface area is 183 Å². The Bertz CT molecular complexity index is 852. The second-order valence-electron chi connectivity index (χ2n) is 8.41. The van der Waals surface area contributed by atoms with E-state index >= 15 is 0 Å². The summed E-state index contributed by atoms with van der Waals surface area (Å²) in [5, 5.41) is 9.25. The van der Waals surface area contributed by atoms with Gasteiger partial charge in [0, 0.05) is 40.7 Å². The fourth-order valence-corrected chi connectivity index (χ4v) is 4.29. The third-order valence-corrected chi connectivity index (χ3v) is 6.04. The number of amides is 2. The van der Waals surface area contributed by atoms with Gasteiger partial charge in [0.15, 0.2) is 0 Å². The van der Waals surface area contributed by atoms with Crippen molar-refractivity contribution in [2.45, 2.75) is 44.5 Å². The van der Waals surface area contributed by atoms with Crippen LogP contribution in [0.15, 0.2) is 18.2 Å². The molecule has 4 atom stereocenters. The molecule has 1 fully saturated rings. The Morgan fingerprint density at radius 1 is 1.13 bits per heavy atom. The maximum absolute atomic E-state index is 13.1. The molecule has 1 saturated heterocycles. The molecule has 0 saturated carbocycles. The Morgan fingerprint density at radius 3 is 2.61 bits per heavy atom. The van der Waals surface area contributed by atoms with E-state index in [1.54, 1.807) is 44.3 Å². The maximum atomic E-state index is 13.1. The number of likely N-dealkylation sites (N-methyl/N-ethyl adjacent to an activating group) is 1. The predicted octanol–water partition coefficient (Wildman–Crippen LogP) is 2.07. The predicted molar refractivity (Wildman–Crippen MR) is 114 cm³/mol. The molecule has 2 amide bonds. The Kier molecular flexibility index (Phi) is 7.52. The lowest BCUT2D eigenvalue weighted by atomic mass is 9.98. The van der Waals surface area contributed by atoms with Crippen LogP contribution in [0.4, 0.5) is 0 Å². The van der Waals surface area contributed by atoms with Crippen molar-refractivity contribution in [3.63, 3.8) is 0 Å². The van der Waals surface area contributed by atoms with E-state index in [2.05, 4.69) is 6.07 Å². The van der Waals surface area contributed by atoms with Crippen LogP contribution in [0.5, 0.6) is 5.75 Å². The van der Waals surface area contributed by atoms with Crippen LogP contribution in [0.25, 0.3) is 0 Å². The quantitative estimate of drug-likeness (QED) is 0.679. The fourth-order valence-electron chi connectivity index (χ4n) is 4.29. The van der Waals surface area contributed by atoms with Crippen molar-refractivity contribution in [1.82, 2.24) is 9.80 Å². The van der Waals surface area contributed by atoms with Gasteiger partial charge in [0.2, 0.25) is 5.91 Å². The molecule has 168 valence electrons. The molecule has 0 spiro atoms. The molecular weight excluding hydrogens is 398 g/mol. The lowest BCUT2D eigenvalue weighted by Gasteiger charge is -2.38. The molecule has 8 nitrogen and oxygen atoms in total. The average Bonchev–Trinajstić information content (AvgIpc) is 2.77. The minimum Gasteiger partial charge on any atom is -0.493 e. The van der Waals surface area contributed by atoms with Gasteiger partial charge in [0.25, 0.3) is 5.91 Å². The number of hydrogen-bond acceptors (Lipinski definition) is 6. The van der Waals surface area contributed by atoms with Gasteiger partial charge >= 0.3 is 0 Å². The monoisotopic (exact) mass is 429 g/mol. The molecule has 2 heterocycles. The zero-order chi connectivity index (χ0) is 22.5. The van der Waals surface area contributed by atoms with Gasteiger partial charge in [-0.3, -0.25) is 9.59 Å². The van der Waals surface area contributed by atoms with E-state index in [0.29, 0.717) is 36.4 Å². The summed E-state index contributed by atoms with van der Waals surface area (Å²) in [4.78, 5) is 29.2. The summed E-state index contributed by atoms with van der Waals surface area (Å²) in [5.41, 5.74) is 0.709. The number of carbonyl (C=O) groups excluding carboxylic acids is 2. The van der Waals surface area contributed by atoms with E-state index in [4.69, 9.17) is 14.2 Å². The van der Waals surface area contributed by atoms with E-state index in [-0.39, 0.29) is 36.7 Å². The number of benzene rings is 1. The van der Waals surface area contributed by atoms with Gasteiger partial charge in [-0.25, -0.2) is 0 Å². The first-order chi connectivity index (χ1) is 14.8. The molecule has 2 aliphatic heterocycles. The molecule has 31 heavy (non-hydrogen) atoms. The fraction of sp³-hybridized carbons (Fsp3) is 0.609. The summed E-state index contributed by atoms with van der Waals surface area (Å²) in [7, 11) is 5.09. The number of fused-ring (bicyclic) bond motifs is 3. The highest BCUT2D eigenvalue weighted by atomic mass is 16.5. The van der Waals surface area contributed by atoms with Crippen molar-refractivity contribution in [3.05, 3.63) is 29.3 Å². The first-order valence-electron chi connectivity index (χ1n) is 10.7. The summed E-state index contributed by atoms with van der Waals surface area (Å²) in [5.74, 6) is -0.298. The topological polar surface area (TPSA) is 92.1 Å². The smallest absolute Gasteiger partial charge is 0.257 e. The van der Waals surface area contributed by atoms with Crippen molar-refractivity contribution in [2.24, 2.45) is 5.92 Å². The number of carbonyl (C=O) groups is 2. The Balaban J connectivity index is 1.90. The third kappa shape index (κ3) is 5.35. The Morgan fingerprint density at radius 2 is 1.90 bits per heavy atom. The minimum absolute atomic E-state index is 0.0114. The van der Waals surface area contributed by atoms with Crippen LogP contribution in [0, 0.1) is 17.2 Å². The molecule has 8 heteroatoms. The molecule has 1 aromatic carbocycles. The normalized spacial score (nSPS) is 28.1. The zero-order valence-electron chi connectivity index (χ0n) is 18.7. The summed E-state index contributed by atoms with van der Waals surface area (Å²) in [6, 6.07) is 6.90. The van der Waals surface area contributed by atoms with Crippen molar-refractivity contribution >= 4 is 11.8 Å². The van der Waals surface area contributed by atoms with Crippen molar-refractivity contribution < 1.29 is 23.8 Å². The maximum Gasteiger partial charge on any atom is 0.257 e. The molecule has 0 unspecified atom stereocenters. The van der Waals surface area contributed by atoms with Gasteiger partial charge in [-0.15, -0.1) is 0 Å². The van der Waals surface area contributed by atoms with Crippen molar-refractivity contribution in [1.29, 1.82) is 5.26 Å². The SMILES string of the molecule is CO[C@@H]1CC[C@H]2CCOc3ccc(C#N)cc3C(=O)N(C)C[C@@H](C)C(=O)N(C)C[C@@H]1O2. The summed E-state index contributed by atoms with van der Waals surface area (Å²) >= 11 is 0. The number of hydrogen-bond donors (Lipinski definition) is 0. The van der Waals surface area contributed by atoms with Crippen LogP contribution >= 0.6 is 0 Å². The van der Waals surface area contributed by atoms with E-state index < -0.39 is 5.92 Å². The molecule has 0 N–H and O–H groups in total. The van der Waals surface area contributed by atoms with Crippen LogP contribution in [0.2, 0.25) is 0 Å². The number of ether oxygens (including phenoxy) is 3.